The first-order valence-corrected chi connectivity index (χ1v) is 12.3. The molecule has 0 unspecified atom stereocenters. The Bertz CT molecular complexity index is 948. The van der Waals surface area contributed by atoms with Crippen LogP contribution < -0.4 is 5.32 Å². The number of piperidine rings is 1. The molecule has 0 bridgehead atoms. The fourth-order valence-corrected chi connectivity index (χ4v) is 5.03. The van der Waals surface area contributed by atoms with Gasteiger partial charge in [-0.15, -0.1) is 0 Å². The Morgan fingerprint density at radius 1 is 1.09 bits per heavy atom. The normalized spacial score (nSPS) is 22.0. The Morgan fingerprint density at radius 2 is 1.75 bits per heavy atom. The molecule has 0 atom stereocenters. The zero-order chi connectivity index (χ0) is 22.7. The number of hydrogen-bond donors (Lipinski definition) is 1. The van der Waals surface area contributed by atoms with Crippen molar-refractivity contribution in [1.29, 1.82) is 0 Å². The zero-order valence-electron chi connectivity index (χ0n) is 18.4. The molecule has 2 amide bonds. The molecule has 2 aromatic rings. The maximum Gasteiger partial charge on any atom is 0.277 e. The van der Waals surface area contributed by atoms with E-state index in [9.17, 15) is 14.0 Å². The van der Waals surface area contributed by atoms with Gasteiger partial charge in [0.1, 0.15) is 4.60 Å². The molecule has 1 aromatic carbocycles. The molecule has 2 heterocycles. The Labute approximate surface area is 196 Å². The van der Waals surface area contributed by atoms with Crippen molar-refractivity contribution in [3.8, 4) is 0 Å². The molecule has 1 aliphatic heterocycles. The van der Waals surface area contributed by atoms with Gasteiger partial charge in [0.15, 0.2) is 11.5 Å². The third kappa shape index (κ3) is 5.22. The first kappa shape index (κ1) is 23.0. The van der Waals surface area contributed by atoms with Gasteiger partial charge in [0, 0.05) is 25.0 Å². The van der Waals surface area contributed by atoms with Gasteiger partial charge in [-0.2, -0.15) is 5.10 Å². The van der Waals surface area contributed by atoms with Crippen LogP contribution in [0, 0.1) is 17.7 Å². The molecular weight excluding hydrogens is 475 g/mol. The van der Waals surface area contributed by atoms with Crippen LogP contribution in [0.1, 0.15) is 61.5 Å². The lowest BCUT2D eigenvalue weighted by Gasteiger charge is -2.33. The first-order valence-electron chi connectivity index (χ1n) is 11.5. The van der Waals surface area contributed by atoms with Gasteiger partial charge in [0.2, 0.25) is 5.91 Å². The molecule has 0 spiro atoms. The number of likely N-dealkylation sites (tertiary alicyclic amines) is 1. The van der Waals surface area contributed by atoms with Crippen molar-refractivity contribution in [3.05, 3.63) is 52.0 Å². The minimum absolute atomic E-state index is 0.0920. The van der Waals surface area contributed by atoms with E-state index < -0.39 is 11.7 Å². The van der Waals surface area contributed by atoms with Crippen LogP contribution in [0.2, 0.25) is 0 Å². The van der Waals surface area contributed by atoms with E-state index in [-0.39, 0.29) is 28.2 Å². The van der Waals surface area contributed by atoms with Crippen LogP contribution in [0.5, 0.6) is 0 Å². The molecule has 1 saturated heterocycles. The zero-order valence-corrected chi connectivity index (χ0v) is 20.0. The molecular formula is C24H30BrFN4O2. The number of hydrogen-bond acceptors (Lipinski definition) is 3. The van der Waals surface area contributed by atoms with Crippen molar-refractivity contribution in [1.82, 2.24) is 20.0 Å². The van der Waals surface area contributed by atoms with Crippen LogP contribution >= 0.6 is 15.9 Å². The van der Waals surface area contributed by atoms with Gasteiger partial charge in [0.05, 0.1) is 6.54 Å². The summed E-state index contributed by atoms with van der Waals surface area (Å²) in [5.41, 5.74) is 0.793. The Balaban J connectivity index is 1.33. The van der Waals surface area contributed by atoms with Crippen LogP contribution in [0.25, 0.3) is 0 Å². The number of amides is 2. The van der Waals surface area contributed by atoms with Crippen molar-refractivity contribution in [2.75, 3.05) is 13.1 Å². The monoisotopic (exact) mass is 504 g/mol. The molecule has 1 aliphatic carbocycles. The highest BCUT2D eigenvalue weighted by Gasteiger charge is 2.32. The molecule has 0 radical (unpaired) electrons. The molecule has 4 rings (SSSR count). The van der Waals surface area contributed by atoms with Crippen LogP contribution in [-0.2, 0) is 11.3 Å². The molecule has 2 fully saturated rings. The standard InChI is InChI=1S/C24H30BrFN4O2/c1-16-7-9-19(10-8-16)27-23(31)18-11-13-29(14-12-18)24(32)21-20(26)22(25)30(28-21)15-17-5-3-2-4-6-17/h2-6,16,18-19H,7-15H2,1H3,(H,27,31). The number of carbonyl (C=O) groups excluding carboxylic acids is 2. The largest absolute Gasteiger partial charge is 0.353 e. The highest BCUT2D eigenvalue weighted by Crippen LogP contribution is 2.26. The van der Waals surface area contributed by atoms with Crippen LogP contribution in [-0.4, -0.2) is 45.6 Å². The van der Waals surface area contributed by atoms with Gasteiger partial charge in [-0.25, -0.2) is 4.39 Å². The fraction of sp³-hybridized carbons (Fsp3) is 0.542. The summed E-state index contributed by atoms with van der Waals surface area (Å²) in [6.45, 7) is 3.49. The van der Waals surface area contributed by atoms with E-state index in [1.165, 1.54) is 4.68 Å². The number of aromatic nitrogens is 2. The topological polar surface area (TPSA) is 67.2 Å². The van der Waals surface area contributed by atoms with E-state index in [4.69, 9.17) is 0 Å². The number of benzene rings is 1. The minimum Gasteiger partial charge on any atom is -0.353 e. The third-order valence-electron chi connectivity index (χ3n) is 6.73. The lowest BCUT2D eigenvalue weighted by Crippen LogP contribution is -2.46. The van der Waals surface area contributed by atoms with E-state index in [2.05, 4.69) is 33.3 Å². The van der Waals surface area contributed by atoms with Crippen LogP contribution in [0.4, 0.5) is 4.39 Å². The van der Waals surface area contributed by atoms with Gasteiger partial charge in [0.25, 0.3) is 5.91 Å². The third-order valence-corrected chi connectivity index (χ3v) is 7.49. The van der Waals surface area contributed by atoms with E-state index in [1.54, 1.807) is 4.90 Å². The van der Waals surface area contributed by atoms with Crippen molar-refractivity contribution in [2.45, 2.75) is 58.0 Å². The van der Waals surface area contributed by atoms with Crippen LogP contribution in [0.3, 0.4) is 0 Å². The van der Waals surface area contributed by atoms with Gasteiger partial charge in [-0.1, -0.05) is 37.3 Å². The summed E-state index contributed by atoms with van der Waals surface area (Å²) in [4.78, 5) is 27.2. The molecule has 1 saturated carbocycles. The molecule has 172 valence electrons. The molecule has 8 heteroatoms. The molecule has 2 aliphatic rings. The summed E-state index contributed by atoms with van der Waals surface area (Å²) in [6.07, 6.45) is 5.60. The average molecular weight is 505 g/mol. The summed E-state index contributed by atoms with van der Waals surface area (Å²) in [6, 6.07) is 9.86. The predicted octanol–water partition coefficient (Wildman–Crippen LogP) is 4.38. The second-order valence-corrected chi connectivity index (χ2v) is 9.88. The molecule has 1 aromatic heterocycles. The summed E-state index contributed by atoms with van der Waals surface area (Å²) < 4.78 is 16.4. The highest BCUT2D eigenvalue weighted by molar-refractivity contribution is 9.10. The fourth-order valence-electron chi connectivity index (χ4n) is 4.64. The summed E-state index contributed by atoms with van der Waals surface area (Å²) in [5.74, 6) is -0.315. The van der Waals surface area contributed by atoms with Gasteiger partial charge in [-0.3, -0.25) is 14.3 Å². The van der Waals surface area contributed by atoms with Gasteiger partial charge in [-0.05, 0) is 65.9 Å². The number of nitrogens with zero attached hydrogens (tertiary/aromatic N) is 3. The van der Waals surface area contributed by atoms with E-state index in [0.717, 1.165) is 37.2 Å². The van der Waals surface area contributed by atoms with Crippen molar-refractivity contribution in [2.24, 2.45) is 11.8 Å². The first-order chi connectivity index (χ1) is 15.4. The lowest BCUT2D eigenvalue weighted by molar-refractivity contribution is -0.127. The lowest BCUT2D eigenvalue weighted by atomic mass is 9.86. The summed E-state index contributed by atoms with van der Waals surface area (Å²) >= 11 is 3.23. The molecule has 6 nitrogen and oxygen atoms in total. The van der Waals surface area contributed by atoms with E-state index in [0.29, 0.717) is 32.5 Å². The van der Waals surface area contributed by atoms with Crippen molar-refractivity contribution in [3.63, 3.8) is 0 Å². The van der Waals surface area contributed by atoms with Crippen LogP contribution in [0.15, 0.2) is 34.9 Å². The number of halogens is 2. The smallest absolute Gasteiger partial charge is 0.277 e. The number of nitrogens with one attached hydrogen (secondary N) is 1. The number of rotatable bonds is 5. The van der Waals surface area contributed by atoms with Crippen molar-refractivity contribution < 1.29 is 14.0 Å². The van der Waals surface area contributed by atoms with E-state index >= 15 is 0 Å². The SMILES string of the molecule is CC1CCC(NC(=O)C2CCN(C(=O)c3nn(Cc4ccccc4)c(Br)c3F)CC2)CC1. The summed E-state index contributed by atoms with van der Waals surface area (Å²) in [7, 11) is 0. The molecule has 1 N–H and O–H groups in total. The maximum atomic E-state index is 14.8. The van der Waals surface area contributed by atoms with Crippen molar-refractivity contribution >= 4 is 27.7 Å². The predicted molar refractivity (Wildman–Crippen MR) is 124 cm³/mol. The average Bonchev–Trinajstić information content (AvgIpc) is 3.09. The molecule has 32 heavy (non-hydrogen) atoms. The highest BCUT2D eigenvalue weighted by atomic mass is 79.9. The maximum absolute atomic E-state index is 14.8. The Hall–Kier alpha value is -2.22. The van der Waals surface area contributed by atoms with Gasteiger partial charge < -0.3 is 10.2 Å². The second kappa shape index (κ2) is 10.1. The summed E-state index contributed by atoms with van der Waals surface area (Å²) in [5, 5.41) is 7.45. The quantitative estimate of drug-likeness (QED) is 0.656. The van der Waals surface area contributed by atoms with E-state index in [1.807, 2.05) is 30.3 Å². The minimum atomic E-state index is -0.641. The second-order valence-electron chi connectivity index (χ2n) is 9.13. The Kier molecular flexibility index (Phi) is 7.28. The Morgan fingerprint density at radius 3 is 2.41 bits per heavy atom. The number of carbonyl (C=O) groups is 2. The van der Waals surface area contributed by atoms with Gasteiger partial charge >= 0.3 is 0 Å².